The van der Waals surface area contributed by atoms with Gasteiger partial charge in [0.05, 0.1) is 28.3 Å². The molecule has 0 saturated heterocycles. The number of fused-ring (bicyclic) bond motifs is 4. The Kier molecular flexibility index (Phi) is 4.24. The number of anilines is 2. The molecule has 5 rings (SSSR count). The van der Waals surface area contributed by atoms with Crippen LogP contribution in [0.15, 0.2) is 71.6 Å². The maximum absolute atomic E-state index is 13.6. The van der Waals surface area contributed by atoms with E-state index in [0.29, 0.717) is 33.2 Å². The van der Waals surface area contributed by atoms with Crippen LogP contribution in [-0.2, 0) is 16.6 Å². The van der Waals surface area contributed by atoms with Crippen molar-refractivity contribution in [1.82, 2.24) is 4.98 Å². The summed E-state index contributed by atoms with van der Waals surface area (Å²) in [6, 6.07) is 19.6. The number of halogens is 1. The number of nitrogens with two attached hydrogens (primary N) is 1. The number of aryl methyl sites for hydroxylation is 1. The zero-order valence-electron chi connectivity index (χ0n) is 16.1. The van der Waals surface area contributed by atoms with Gasteiger partial charge in [0.25, 0.3) is 10.0 Å². The quantitative estimate of drug-likeness (QED) is 0.472. The number of nitrogens with zero attached hydrogens (tertiary/aromatic N) is 2. The van der Waals surface area contributed by atoms with Gasteiger partial charge in [0.15, 0.2) is 0 Å². The van der Waals surface area contributed by atoms with Crippen LogP contribution in [0.2, 0.25) is 5.02 Å². The summed E-state index contributed by atoms with van der Waals surface area (Å²) < 4.78 is 28.5. The number of pyridine rings is 1. The van der Waals surface area contributed by atoms with Crippen LogP contribution in [0.3, 0.4) is 0 Å². The normalized spacial score (nSPS) is 13.2. The van der Waals surface area contributed by atoms with Gasteiger partial charge in [-0.3, -0.25) is 4.31 Å². The highest BCUT2D eigenvalue weighted by molar-refractivity contribution is 7.92. The molecule has 0 radical (unpaired) electrons. The summed E-state index contributed by atoms with van der Waals surface area (Å²) in [5.74, 6) is 0. The molecule has 4 aromatic rings. The number of aromatic nitrogens is 1. The van der Waals surface area contributed by atoms with Crippen LogP contribution in [0.5, 0.6) is 0 Å². The van der Waals surface area contributed by atoms with E-state index in [2.05, 4.69) is 0 Å². The molecule has 30 heavy (non-hydrogen) atoms. The number of nitrogen functional groups attached to an aromatic ring is 1. The summed E-state index contributed by atoms with van der Waals surface area (Å²) in [5.41, 5.74) is 11.4. The van der Waals surface area contributed by atoms with Crippen LogP contribution in [0, 0.1) is 6.92 Å². The molecule has 0 saturated carbocycles. The van der Waals surface area contributed by atoms with Crippen molar-refractivity contribution in [2.24, 2.45) is 0 Å². The van der Waals surface area contributed by atoms with Gasteiger partial charge in [-0.1, -0.05) is 47.5 Å². The Labute approximate surface area is 179 Å². The van der Waals surface area contributed by atoms with E-state index in [0.717, 1.165) is 16.5 Å². The second-order valence-corrected chi connectivity index (χ2v) is 9.65. The monoisotopic (exact) mass is 435 g/mol. The van der Waals surface area contributed by atoms with E-state index in [-0.39, 0.29) is 11.4 Å². The molecule has 0 aliphatic carbocycles. The Morgan fingerprint density at radius 1 is 1.03 bits per heavy atom. The first-order valence-corrected chi connectivity index (χ1v) is 11.2. The summed E-state index contributed by atoms with van der Waals surface area (Å²) in [6.45, 7) is 2.00. The lowest BCUT2D eigenvalue weighted by Crippen LogP contribution is -2.34. The fourth-order valence-electron chi connectivity index (χ4n) is 3.85. The predicted octanol–water partition coefficient (Wildman–Crippen LogP) is 5.15. The fourth-order valence-corrected chi connectivity index (χ4v) is 5.46. The van der Waals surface area contributed by atoms with Gasteiger partial charge in [0.1, 0.15) is 0 Å². The summed E-state index contributed by atoms with van der Waals surface area (Å²) in [5, 5.41) is 1.26. The Bertz CT molecular complexity index is 1420. The van der Waals surface area contributed by atoms with Gasteiger partial charge in [-0.25, -0.2) is 13.4 Å². The average Bonchev–Trinajstić information content (AvgIpc) is 2.73. The fraction of sp³-hybridized carbons (Fsp3) is 0.0870. The third-order valence-corrected chi connectivity index (χ3v) is 7.44. The van der Waals surface area contributed by atoms with Crippen LogP contribution in [-0.4, -0.2) is 13.4 Å². The Morgan fingerprint density at radius 2 is 1.77 bits per heavy atom. The molecule has 0 bridgehead atoms. The number of hydrogen-bond acceptors (Lipinski definition) is 4. The lowest BCUT2D eigenvalue weighted by atomic mass is 9.96. The summed E-state index contributed by atoms with van der Waals surface area (Å²) >= 11 is 6.25. The van der Waals surface area contributed by atoms with Crippen molar-refractivity contribution in [1.29, 1.82) is 0 Å². The van der Waals surface area contributed by atoms with Crippen molar-refractivity contribution >= 4 is 43.9 Å². The first-order valence-electron chi connectivity index (χ1n) is 9.43. The van der Waals surface area contributed by atoms with E-state index in [4.69, 9.17) is 22.3 Å². The molecule has 0 atom stereocenters. The third-order valence-electron chi connectivity index (χ3n) is 5.43. The molecule has 2 N–H and O–H groups in total. The molecule has 0 unspecified atom stereocenters. The lowest BCUT2D eigenvalue weighted by Gasteiger charge is -2.32. The van der Waals surface area contributed by atoms with Gasteiger partial charge < -0.3 is 5.73 Å². The third kappa shape index (κ3) is 2.83. The van der Waals surface area contributed by atoms with Crippen LogP contribution >= 0.6 is 11.6 Å². The second-order valence-electron chi connectivity index (χ2n) is 7.36. The van der Waals surface area contributed by atoms with Crippen molar-refractivity contribution in [3.8, 4) is 11.3 Å². The smallest absolute Gasteiger partial charge is 0.264 e. The van der Waals surface area contributed by atoms with Gasteiger partial charge in [-0.05, 0) is 43.3 Å². The zero-order valence-corrected chi connectivity index (χ0v) is 17.7. The highest BCUT2D eigenvalue weighted by Gasteiger charge is 2.34. The molecule has 0 amide bonds. The minimum atomic E-state index is -3.83. The minimum absolute atomic E-state index is 0.0859. The van der Waals surface area contributed by atoms with Crippen LogP contribution < -0.4 is 10.0 Å². The standard InChI is InChI=1S/C23H18ClN3O2S/c1-14-6-9-16(10-7-14)30(28,29)27-13-19-22(25)17-4-2-3-5-20(17)26-23(19)18-11-8-15(24)12-21(18)27/h2-12H,13H2,1H3,(H2,25,26). The highest BCUT2D eigenvalue weighted by atomic mass is 35.5. The van der Waals surface area contributed by atoms with Gasteiger partial charge in [-0.15, -0.1) is 0 Å². The van der Waals surface area contributed by atoms with Gasteiger partial charge >= 0.3 is 0 Å². The predicted molar refractivity (Wildman–Crippen MR) is 121 cm³/mol. The van der Waals surface area contributed by atoms with Crippen molar-refractivity contribution in [2.75, 3.05) is 10.0 Å². The van der Waals surface area contributed by atoms with Crippen molar-refractivity contribution < 1.29 is 8.42 Å². The van der Waals surface area contributed by atoms with Gasteiger partial charge in [0, 0.05) is 27.2 Å². The topological polar surface area (TPSA) is 76.3 Å². The molecule has 150 valence electrons. The van der Waals surface area contributed by atoms with Crippen molar-refractivity contribution in [3.63, 3.8) is 0 Å². The van der Waals surface area contributed by atoms with E-state index in [1.807, 2.05) is 31.2 Å². The average molecular weight is 436 g/mol. The summed E-state index contributed by atoms with van der Waals surface area (Å²) in [4.78, 5) is 5.02. The largest absolute Gasteiger partial charge is 0.398 e. The van der Waals surface area contributed by atoms with E-state index in [1.54, 1.807) is 42.5 Å². The Hall–Kier alpha value is -3.09. The number of para-hydroxylation sites is 1. The summed E-state index contributed by atoms with van der Waals surface area (Å²) in [7, 11) is -3.83. The van der Waals surface area contributed by atoms with E-state index >= 15 is 0 Å². The number of rotatable bonds is 2. The van der Waals surface area contributed by atoms with E-state index in [9.17, 15) is 8.42 Å². The molecule has 0 spiro atoms. The number of hydrogen-bond donors (Lipinski definition) is 1. The van der Waals surface area contributed by atoms with Gasteiger partial charge in [-0.2, -0.15) is 0 Å². The zero-order chi connectivity index (χ0) is 21.0. The number of benzene rings is 3. The molecule has 1 aliphatic heterocycles. The van der Waals surface area contributed by atoms with Crippen LogP contribution in [0.1, 0.15) is 11.1 Å². The van der Waals surface area contributed by atoms with Crippen molar-refractivity contribution in [3.05, 3.63) is 82.9 Å². The van der Waals surface area contributed by atoms with E-state index < -0.39 is 10.0 Å². The number of sulfonamides is 1. The molecule has 1 aromatic heterocycles. The minimum Gasteiger partial charge on any atom is -0.398 e. The van der Waals surface area contributed by atoms with E-state index in [1.165, 1.54) is 4.31 Å². The molecule has 7 heteroatoms. The SMILES string of the molecule is Cc1ccc(S(=O)(=O)N2Cc3c(nc4ccccc4c3N)-c3ccc(Cl)cc32)cc1. The van der Waals surface area contributed by atoms with Crippen molar-refractivity contribution in [2.45, 2.75) is 18.4 Å². The first kappa shape index (κ1) is 18.9. The molecule has 1 aliphatic rings. The molecular formula is C23H18ClN3O2S. The highest BCUT2D eigenvalue weighted by Crippen LogP contribution is 2.45. The lowest BCUT2D eigenvalue weighted by molar-refractivity contribution is 0.590. The first-order chi connectivity index (χ1) is 14.4. The molecule has 3 aromatic carbocycles. The molecule has 5 nitrogen and oxygen atoms in total. The summed E-state index contributed by atoms with van der Waals surface area (Å²) in [6.07, 6.45) is 0. The maximum Gasteiger partial charge on any atom is 0.264 e. The molecule has 0 fully saturated rings. The Balaban J connectivity index is 1.78. The maximum atomic E-state index is 13.6. The Morgan fingerprint density at radius 3 is 2.53 bits per heavy atom. The van der Waals surface area contributed by atoms with Crippen LogP contribution in [0.4, 0.5) is 11.4 Å². The molecular weight excluding hydrogens is 418 g/mol. The second kappa shape index (κ2) is 6.72. The van der Waals surface area contributed by atoms with Crippen LogP contribution in [0.25, 0.3) is 22.2 Å². The van der Waals surface area contributed by atoms with Gasteiger partial charge in [0.2, 0.25) is 0 Å². The molecule has 2 heterocycles.